The molecule has 0 saturated carbocycles. The fourth-order valence-electron chi connectivity index (χ4n) is 3.08. The van der Waals surface area contributed by atoms with E-state index in [1.807, 2.05) is 54.6 Å². The summed E-state index contributed by atoms with van der Waals surface area (Å²) in [5, 5.41) is 0.770. The Bertz CT molecular complexity index is 1020. The lowest BCUT2D eigenvalue weighted by Crippen LogP contribution is -2.47. The Morgan fingerprint density at radius 2 is 1.82 bits per heavy atom. The zero-order valence-electron chi connectivity index (χ0n) is 15.3. The number of fused-ring (bicyclic) bond motifs is 1. The van der Waals surface area contributed by atoms with Gasteiger partial charge in [-0.1, -0.05) is 48.5 Å². The first kappa shape index (κ1) is 18.2. The van der Waals surface area contributed by atoms with Crippen molar-refractivity contribution in [2.45, 2.75) is 13.3 Å². The highest BCUT2D eigenvalue weighted by Gasteiger charge is 2.26. The molecule has 2 amide bonds. The fraction of sp³-hybridized carbons (Fsp3) is 0.190. The molecule has 1 unspecified atom stereocenters. The maximum Gasteiger partial charge on any atom is 0.281 e. The van der Waals surface area contributed by atoms with Gasteiger partial charge < -0.3 is 4.74 Å². The summed E-state index contributed by atoms with van der Waals surface area (Å²) < 4.78 is 5.64. The minimum Gasteiger partial charge on any atom is -0.492 e. The molecule has 1 aliphatic heterocycles. The van der Waals surface area contributed by atoms with Gasteiger partial charge in [-0.3, -0.25) is 20.4 Å². The molecule has 6 nitrogen and oxygen atoms in total. The van der Waals surface area contributed by atoms with Gasteiger partial charge in [-0.15, -0.1) is 11.3 Å². The number of carbonyl (C=O) groups excluding carboxylic acids is 2. The van der Waals surface area contributed by atoms with Gasteiger partial charge in [0, 0.05) is 5.56 Å². The molecule has 28 heavy (non-hydrogen) atoms. The van der Waals surface area contributed by atoms with E-state index in [0.29, 0.717) is 17.0 Å². The second-order valence-corrected chi connectivity index (χ2v) is 7.56. The lowest BCUT2D eigenvalue weighted by molar-refractivity contribution is -0.127. The summed E-state index contributed by atoms with van der Waals surface area (Å²) in [4.78, 5) is 29.9. The number of nitrogens with one attached hydrogen (secondary N) is 2. The Morgan fingerprint density at radius 3 is 2.64 bits per heavy atom. The average Bonchev–Trinajstić information content (AvgIpc) is 3.14. The number of aryl methyl sites for hydroxylation is 1. The lowest BCUT2D eigenvalue weighted by atomic mass is 9.96. The number of benzene rings is 2. The van der Waals surface area contributed by atoms with Gasteiger partial charge in [0.1, 0.15) is 22.2 Å². The van der Waals surface area contributed by atoms with E-state index in [2.05, 4.69) is 15.8 Å². The number of rotatable bonds is 3. The van der Waals surface area contributed by atoms with Crippen molar-refractivity contribution in [1.82, 2.24) is 15.8 Å². The predicted molar refractivity (Wildman–Crippen MR) is 107 cm³/mol. The molecule has 3 aromatic rings. The van der Waals surface area contributed by atoms with E-state index in [-0.39, 0.29) is 24.3 Å². The van der Waals surface area contributed by atoms with E-state index < -0.39 is 0 Å². The number of hydrogen-bond acceptors (Lipinski definition) is 5. The Kier molecular flexibility index (Phi) is 5.08. The molecule has 0 bridgehead atoms. The lowest BCUT2D eigenvalue weighted by Gasteiger charge is -2.24. The summed E-state index contributed by atoms with van der Waals surface area (Å²) in [5.74, 6) is -0.182. The maximum absolute atomic E-state index is 12.5. The third-order valence-electron chi connectivity index (χ3n) is 4.57. The average molecular weight is 393 g/mol. The van der Waals surface area contributed by atoms with Gasteiger partial charge in [-0.25, -0.2) is 4.98 Å². The van der Waals surface area contributed by atoms with Crippen molar-refractivity contribution in [2.75, 3.05) is 6.61 Å². The number of ether oxygens (including phenoxy) is 1. The van der Waals surface area contributed by atoms with E-state index >= 15 is 0 Å². The summed E-state index contributed by atoms with van der Waals surface area (Å²) >= 11 is 1.30. The van der Waals surface area contributed by atoms with Gasteiger partial charge >= 0.3 is 0 Å². The van der Waals surface area contributed by atoms with Crippen LogP contribution in [0, 0.1) is 12.8 Å². The highest BCUT2D eigenvalue weighted by Crippen LogP contribution is 2.28. The number of aromatic nitrogens is 1. The number of nitrogens with zero attached hydrogens (tertiary/aromatic N) is 1. The molecule has 1 aliphatic rings. The molecule has 0 saturated heterocycles. The van der Waals surface area contributed by atoms with Crippen molar-refractivity contribution in [1.29, 1.82) is 0 Å². The molecular formula is C21H19N3O3S. The molecule has 0 fully saturated rings. The van der Waals surface area contributed by atoms with E-state index in [4.69, 9.17) is 4.74 Å². The zero-order valence-corrected chi connectivity index (χ0v) is 16.1. The number of carbonyl (C=O) groups is 2. The van der Waals surface area contributed by atoms with Gasteiger partial charge in [0.05, 0.1) is 11.6 Å². The summed E-state index contributed by atoms with van der Waals surface area (Å²) in [6.07, 6.45) is 0.579. The smallest absolute Gasteiger partial charge is 0.281 e. The van der Waals surface area contributed by atoms with Crippen molar-refractivity contribution >= 4 is 23.2 Å². The van der Waals surface area contributed by atoms with Crippen LogP contribution in [0.15, 0.2) is 54.6 Å². The van der Waals surface area contributed by atoms with E-state index in [1.165, 1.54) is 11.3 Å². The van der Waals surface area contributed by atoms with Crippen LogP contribution in [0.2, 0.25) is 0 Å². The van der Waals surface area contributed by atoms with Gasteiger partial charge in [0.25, 0.3) is 5.91 Å². The normalized spacial score (nSPS) is 15.2. The van der Waals surface area contributed by atoms with Crippen LogP contribution in [0.3, 0.4) is 0 Å². The molecule has 7 heteroatoms. The van der Waals surface area contributed by atoms with Crippen LogP contribution in [0.25, 0.3) is 10.6 Å². The van der Waals surface area contributed by atoms with Crippen LogP contribution in [0.5, 0.6) is 5.75 Å². The predicted octanol–water partition coefficient (Wildman–Crippen LogP) is 3.13. The zero-order chi connectivity index (χ0) is 19.5. The summed E-state index contributed by atoms with van der Waals surface area (Å²) in [6.45, 7) is 2.07. The van der Waals surface area contributed by atoms with Crippen molar-refractivity contribution in [3.63, 3.8) is 0 Å². The molecule has 2 aromatic carbocycles. The quantitative estimate of drug-likeness (QED) is 0.670. The highest BCUT2D eigenvalue weighted by molar-refractivity contribution is 7.17. The van der Waals surface area contributed by atoms with Gasteiger partial charge in [0.2, 0.25) is 5.91 Å². The third kappa shape index (κ3) is 3.75. The number of amides is 2. The minimum absolute atomic E-state index is 0.270. The fourth-order valence-corrected chi connectivity index (χ4v) is 4.05. The van der Waals surface area contributed by atoms with E-state index in [1.54, 1.807) is 6.92 Å². The van der Waals surface area contributed by atoms with Gasteiger partial charge in [0.15, 0.2) is 0 Å². The van der Waals surface area contributed by atoms with Crippen LogP contribution in [-0.2, 0) is 11.2 Å². The van der Waals surface area contributed by atoms with Gasteiger partial charge in [-0.2, -0.15) is 0 Å². The first-order chi connectivity index (χ1) is 13.6. The number of hydrogen-bond donors (Lipinski definition) is 2. The first-order valence-corrected chi connectivity index (χ1v) is 9.77. The van der Waals surface area contributed by atoms with Crippen molar-refractivity contribution in [2.24, 2.45) is 5.92 Å². The third-order valence-corrected chi connectivity index (χ3v) is 5.78. The summed E-state index contributed by atoms with van der Waals surface area (Å²) in [7, 11) is 0. The maximum atomic E-state index is 12.5. The standard InChI is InChI=1S/C21H19N3O3S/c1-13-18(28-21(22-13)14-7-3-2-4-8-14)20(26)24-23-19(25)16-11-15-9-5-6-10-17(15)27-12-16/h2-10,16H,11-12H2,1H3,(H,23,25)(H,24,26). The molecule has 142 valence electrons. The Morgan fingerprint density at radius 1 is 1.07 bits per heavy atom. The minimum atomic E-state index is -0.373. The molecule has 0 aliphatic carbocycles. The van der Waals surface area contributed by atoms with Crippen LogP contribution >= 0.6 is 11.3 Å². The second kappa shape index (κ2) is 7.82. The molecule has 0 radical (unpaired) electrons. The largest absolute Gasteiger partial charge is 0.492 e. The van der Waals surface area contributed by atoms with Crippen LogP contribution in [0.1, 0.15) is 20.9 Å². The monoisotopic (exact) mass is 393 g/mol. The first-order valence-electron chi connectivity index (χ1n) is 8.95. The molecule has 1 atom stereocenters. The van der Waals surface area contributed by atoms with Crippen molar-refractivity contribution < 1.29 is 14.3 Å². The summed E-state index contributed by atoms with van der Waals surface area (Å²) in [6, 6.07) is 17.3. The van der Waals surface area contributed by atoms with Crippen LogP contribution in [0.4, 0.5) is 0 Å². The Balaban J connectivity index is 1.38. The van der Waals surface area contributed by atoms with E-state index in [9.17, 15) is 9.59 Å². The molecule has 2 heterocycles. The molecular weight excluding hydrogens is 374 g/mol. The molecule has 2 N–H and O–H groups in total. The molecule has 4 rings (SSSR count). The molecule has 0 spiro atoms. The Labute approximate surface area is 166 Å². The van der Waals surface area contributed by atoms with Crippen molar-refractivity contribution in [3.05, 3.63) is 70.7 Å². The Hall–Kier alpha value is -3.19. The SMILES string of the molecule is Cc1nc(-c2ccccc2)sc1C(=O)NNC(=O)C1COc2ccccc2C1. The van der Waals surface area contributed by atoms with E-state index in [0.717, 1.165) is 21.9 Å². The molecule has 1 aromatic heterocycles. The van der Waals surface area contributed by atoms with Crippen LogP contribution < -0.4 is 15.6 Å². The summed E-state index contributed by atoms with van der Waals surface area (Å²) in [5.41, 5.74) is 7.60. The number of para-hydroxylation sites is 1. The number of thiazole rings is 1. The topological polar surface area (TPSA) is 80.3 Å². The van der Waals surface area contributed by atoms with Gasteiger partial charge in [-0.05, 0) is 25.0 Å². The highest BCUT2D eigenvalue weighted by atomic mass is 32.1. The second-order valence-electron chi connectivity index (χ2n) is 6.56. The van der Waals surface area contributed by atoms with Crippen LogP contribution in [-0.4, -0.2) is 23.4 Å². The van der Waals surface area contributed by atoms with Crippen molar-refractivity contribution in [3.8, 4) is 16.3 Å². The number of hydrazine groups is 1.